The molecular formula is C24H22N2O7. The van der Waals surface area contributed by atoms with Gasteiger partial charge in [0.25, 0.3) is 11.6 Å². The molecule has 1 aliphatic heterocycles. The number of methoxy groups -OCH3 is 1. The van der Waals surface area contributed by atoms with Crippen LogP contribution in [0.4, 0.5) is 11.4 Å². The highest BCUT2D eigenvalue weighted by Gasteiger charge is 2.21. The number of hydrogen-bond donors (Lipinski definition) is 1. The second-order valence-corrected chi connectivity index (χ2v) is 7.27. The average molecular weight is 450 g/mol. The number of nitro groups is 1. The van der Waals surface area contributed by atoms with Gasteiger partial charge in [-0.3, -0.25) is 14.9 Å². The van der Waals surface area contributed by atoms with Gasteiger partial charge in [0.2, 0.25) is 0 Å². The van der Waals surface area contributed by atoms with Crippen LogP contribution in [0.1, 0.15) is 6.92 Å². The minimum absolute atomic E-state index is 0.0819. The van der Waals surface area contributed by atoms with E-state index in [1.807, 2.05) is 0 Å². The Balaban J connectivity index is 1.54. The predicted octanol–water partition coefficient (Wildman–Crippen LogP) is 4.45. The first-order valence-corrected chi connectivity index (χ1v) is 10.2. The van der Waals surface area contributed by atoms with Crippen molar-refractivity contribution < 1.29 is 28.7 Å². The quantitative estimate of drug-likeness (QED) is 0.418. The van der Waals surface area contributed by atoms with E-state index in [1.165, 1.54) is 18.2 Å². The molecular weight excluding hydrogens is 428 g/mol. The molecule has 9 nitrogen and oxygen atoms in total. The van der Waals surface area contributed by atoms with Crippen molar-refractivity contribution in [3.63, 3.8) is 0 Å². The molecule has 0 saturated carbocycles. The number of nitrogens with one attached hydrogen (secondary N) is 1. The van der Waals surface area contributed by atoms with Gasteiger partial charge in [-0.05, 0) is 42.8 Å². The van der Waals surface area contributed by atoms with Gasteiger partial charge in [-0.25, -0.2) is 0 Å². The molecule has 33 heavy (non-hydrogen) atoms. The molecule has 0 bridgehead atoms. The number of nitro benzene ring substituents is 1. The first-order valence-electron chi connectivity index (χ1n) is 10.2. The van der Waals surface area contributed by atoms with Gasteiger partial charge >= 0.3 is 0 Å². The van der Waals surface area contributed by atoms with Crippen molar-refractivity contribution in [2.24, 2.45) is 0 Å². The van der Waals surface area contributed by atoms with Crippen molar-refractivity contribution >= 4 is 17.3 Å². The molecule has 0 unspecified atom stereocenters. The molecule has 4 rings (SSSR count). The van der Waals surface area contributed by atoms with E-state index in [0.717, 1.165) is 0 Å². The summed E-state index contributed by atoms with van der Waals surface area (Å²) in [6.45, 7) is 2.53. The number of hydrogen-bond acceptors (Lipinski definition) is 7. The van der Waals surface area contributed by atoms with Gasteiger partial charge in [0, 0.05) is 29.4 Å². The lowest BCUT2D eigenvalue weighted by Gasteiger charge is -2.20. The number of ether oxygens (including phenoxy) is 4. The highest BCUT2D eigenvalue weighted by atomic mass is 16.6. The van der Waals surface area contributed by atoms with E-state index in [1.54, 1.807) is 56.5 Å². The molecule has 3 aromatic carbocycles. The first kappa shape index (κ1) is 21.9. The lowest BCUT2D eigenvalue weighted by atomic mass is 10.0. The summed E-state index contributed by atoms with van der Waals surface area (Å²) in [5.41, 5.74) is 1.64. The van der Waals surface area contributed by atoms with Crippen LogP contribution in [0, 0.1) is 10.1 Å². The van der Waals surface area contributed by atoms with E-state index in [-0.39, 0.29) is 11.6 Å². The van der Waals surface area contributed by atoms with Crippen LogP contribution in [0.25, 0.3) is 11.1 Å². The Hall–Kier alpha value is -4.27. The van der Waals surface area contributed by atoms with Gasteiger partial charge in [-0.1, -0.05) is 12.1 Å². The topological polar surface area (TPSA) is 109 Å². The summed E-state index contributed by atoms with van der Waals surface area (Å²) in [6.07, 6.45) is -0.878. The zero-order valence-electron chi connectivity index (χ0n) is 18.1. The van der Waals surface area contributed by atoms with Gasteiger partial charge in [0.1, 0.15) is 24.7 Å². The van der Waals surface area contributed by atoms with Crippen LogP contribution >= 0.6 is 0 Å². The number of fused-ring (bicyclic) bond motifs is 1. The van der Waals surface area contributed by atoms with Crippen LogP contribution in [-0.2, 0) is 4.79 Å². The Labute approximate surface area is 190 Å². The Bertz CT molecular complexity index is 1180. The maximum absolute atomic E-state index is 12.8. The summed E-state index contributed by atoms with van der Waals surface area (Å²) >= 11 is 0. The monoisotopic (exact) mass is 450 g/mol. The third-order valence-electron chi connectivity index (χ3n) is 5.06. The standard InChI is InChI=1S/C24H22N2O7/c1-15(24(27)25-17-5-9-22-23(13-17)32-12-11-31-22)33-21-10-6-18(26(28)29)14-20(21)16-3-7-19(30-2)8-4-16/h3-10,13-15H,11-12H2,1-2H3,(H,25,27)/t15-/m1/s1. The van der Waals surface area contributed by atoms with Gasteiger partial charge < -0.3 is 24.3 Å². The van der Waals surface area contributed by atoms with Gasteiger partial charge in [0.05, 0.1) is 12.0 Å². The summed E-state index contributed by atoms with van der Waals surface area (Å²) in [4.78, 5) is 23.6. The molecule has 1 amide bonds. The molecule has 1 heterocycles. The number of carbonyl (C=O) groups is 1. The molecule has 0 aliphatic carbocycles. The number of rotatable bonds is 7. The minimum atomic E-state index is -0.878. The van der Waals surface area contributed by atoms with E-state index in [4.69, 9.17) is 18.9 Å². The molecule has 3 aromatic rings. The van der Waals surface area contributed by atoms with Crippen molar-refractivity contribution in [2.75, 3.05) is 25.6 Å². The van der Waals surface area contributed by atoms with Crippen molar-refractivity contribution in [3.8, 4) is 34.1 Å². The summed E-state index contributed by atoms with van der Waals surface area (Å²) in [6, 6.07) is 16.4. The van der Waals surface area contributed by atoms with Crippen molar-refractivity contribution in [1.29, 1.82) is 0 Å². The molecule has 1 N–H and O–H groups in total. The molecule has 1 atom stereocenters. The third kappa shape index (κ3) is 4.98. The fraction of sp³-hybridized carbons (Fsp3) is 0.208. The summed E-state index contributed by atoms with van der Waals surface area (Å²) in [7, 11) is 1.55. The fourth-order valence-corrected chi connectivity index (χ4v) is 3.34. The molecule has 0 saturated heterocycles. The fourth-order valence-electron chi connectivity index (χ4n) is 3.34. The lowest BCUT2D eigenvalue weighted by Crippen LogP contribution is -2.30. The van der Waals surface area contributed by atoms with E-state index >= 15 is 0 Å². The van der Waals surface area contributed by atoms with Crippen molar-refractivity contribution in [1.82, 2.24) is 0 Å². The Kier molecular flexibility index (Phi) is 6.30. The summed E-state index contributed by atoms with van der Waals surface area (Å²) in [5.74, 6) is 1.79. The van der Waals surface area contributed by atoms with Crippen LogP contribution in [0.3, 0.4) is 0 Å². The zero-order valence-corrected chi connectivity index (χ0v) is 18.1. The third-order valence-corrected chi connectivity index (χ3v) is 5.06. The second kappa shape index (κ2) is 9.47. The molecule has 0 fully saturated rings. The Morgan fingerprint density at radius 2 is 1.76 bits per heavy atom. The lowest BCUT2D eigenvalue weighted by molar-refractivity contribution is -0.384. The molecule has 9 heteroatoms. The number of non-ortho nitro benzene ring substituents is 1. The SMILES string of the molecule is COc1ccc(-c2cc([N+](=O)[O-])ccc2O[C@H](C)C(=O)Nc2ccc3c(c2)OCCO3)cc1. The number of anilines is 1. The predicted molar refractivity (Wildman–Crippen MR) is 121 cm³/mol. The van der Waals surface area contributed by atoms with E-state index < -0.39 is 11.0 Å². The smallest absolute Gasteiger partial charge is 0.270 e. The van der Waals surface area contributed by atoms with Crippen molar-refractivity contribution in [3.05, 3.63) is 70.8 Å². The van der Waals surface area contributed by atoms with Crippen LogP contribution in [0.15, 0.2) is 60.7 Å². The maximum Gasteiger partial charge on any atom is 0.270 e. The zero-order chi connectivity index (χ0) is 23.4. The minimum Gasteiger partial charge on any atom is -0.497 e. The highest BCUT2D eigenvalue weighted by Crippen LogP contribution is 2.35. The van der Waals surface area contributed by atoms with E-state index in [2.05, 4.69) is 5.32 Å². The van der Waals surface area contributed by atoms with Crippen LogP contribution in [0.5, 0.6) is 23.0 Å². The van der Waals surface area contributed by atoms with Gasteiger partial charge in [-0.2, -0.15) is 0 Å². The number of carbonyl (C=O) groups excluding carboxylic acids is 1. The summed E-state index contributed by atoms with van der Waals surface area (Å²) < 4.78 is 22.1. The van der Waals surface area contributed by atoms with Crippen LogP contribution < -0.4 is 24.3 Å². The summed E-state index contributed by atoms with van der Waals surface area (Å²) in [5, 5.41) is 14.1. The highest BCUT2D eigenvalue weighted by molar-refractivity contribution is 5.94. The van der Waals surface area contributed by atoms with Crippen LogP contribution in [0.2, 0.25) is 0 Å². The molecule has 0 aromatic heterocycles. The van der Waals surface area contributed by atoms with E-state index in [9.17, 15) is 14.9 Å². The Morgan fingerprint density at radius 3 is 2.45 bits per heavy atom. The number of nitrogens with zero attached hydrogens (tertiary/aromatic N) is 1. The number of benzene rings is 3. The Morgan fingerprint density at radius 1 is 1.03 bits per heavy atom. The molecule has 170 valence electrons. The van der Waals surface area contributed by atoms with Crippen molar-refractivity contribution in [2.45, 2.75) is 13.0 Å². The molecule has 0 spiro atoms. The van der Waals surface area contributed by atoms with Crippen LogP contribution in [-0.4, -0.2) is 37.3 Å². The maximum atomic E-state index is 12.8. The first-order chi connectivity index (χ1) is 15.9. The average Bonchev–Trinajstić information content (AvgIpc) is 2.84. The molecule has 0 radical (unpaired) electrons. The second-order valence-electron chi connectivity index (χ2n) is 7.27. The number of amides is 1. The molecule has 1 aliphatic rings. The largest absolute Gasteiger partial charge is 0.497 e. The van der Waals surface area contributed by atoms with Gasteiger partial charge in [-0.15, -0.1) is 0 Å². The normalized spacial score (nSPS) is 13.0. The van der Waals surface area contributed by atoms with E-state index in [0.29, 0.717) is 53.0 Å². The van der Waals surface area contributed by atoms with Gasteiger partial charge in [0.15, 0.2) is 17.6 Å².